The second-order valence-corrected chi connectivity index (χ2v) is 5.33. The Balaban J connectivity index is 0.000000141. The third-order valence-corrected chi connectivity index (χ3v) is 4.04. The Kier molecular flexibility index (Phi) is 4.57. The van der Waals surface area contributed by atoms with E-state index in [1.807, 2.05) is 47.2 Å². The minimum absolute atomic E-state index is 0.0675. The van der Waals surface area contributed by atoms with Crippen molar-refractivity contribution in [2.75, 3.05) is 0 Å². The van der Waals surface area contributed by atoms with Gasteiger partial charge in [0.25, 0.3) is 0 Å². The van der Waals surface area contributed by atoms with E-state index in [1.165, 1.54) is 0 Å². The van der Waals surface area contributed by atoms with Gasteiger partial charge in [0.2, 0.25) is 11.4 Å². The molecule has 0 spiro atoms. The monoisotopic (exact) mass is 328 g/mol. The van der Waals surface area contributed by atoms with E-state index in [1.54, 1.807) is 12.5 Å². The van der Waals surface area contributed by atoms with Gasteiger partial charge >= 0.3 is 0 Å². The molecule has 0 aliphatic carbocycles. The number of rotatable bonds is 4. The number of carbonyl (C=O) groups excluding carboxylic acids is 1. The summed E-state index contributed by atoms with van der Waals surface area (Å²) >= 11 is 0. The molecule has 24 heavy (non-hydrogen) atoms. The Hall–Kier alpha value is -2.73. The molecule has 0 aliphatic rings. The molecule has 0 aliphatic heterocycles. The van der Waals surface area contributed by atoms with Gasteiger partial charge in [0.1, 0.15) is 0 Å². The molecule has 0 bridgehead atoms. The molecule has 0 aromatic carbocycles. The molecule has 1 N–H and O–H groups in total. The molecule has 0 unspecified atom stereocenters. The normalized spacial score (nSPS) is 11.0. The van der Waals surface area contributed by atoms with E-state index in [9.17, 15) is 4.79 Å². The summed E-state index contributed by atoms with van der Waals surface area (Å²) in [5, 5.41) is 11.0. The third-order valence-electron chi connectivity index (χ3n) is 4.04. The Morgan fingerprint density at radius 2 is 1.58 bits per heavy atom. The van der Waals surface area contributed by atoms with Gasteiger partial charge in [0.05, 0.1) is 24.8 Å². The number of aryl methyl sites for hydroxylation is 2. The van der Waals surface area contributed by atoms with Crippen LogP contribution >= 0.6 is 0 Å². The average Bonchev–Trinajstić information content (AvgIpc) is 3.33. The zero-order chi connectivity index (χ0) is 17.1. The summed E-state index contributed by atoms with van der Waals surface area (Å²) in [6.07, 6.45) is 4.14. The van der Waals surface area contributed by atoms with Crippen molar-refractivity contribution in [3.8, 4) is 0 Å². The number of aromatic nitrogens is 2. The molecular weight excluding hydrogens is 308 g/mol. The number of carbonyl (C=O) groups is 1. The largest absolute Gasteiger partial charge is 0.448 e. The van der Waals surface area contributed by atoms with Crippen molar-refractivity contribution in [1.29, 1.82) is 0 Å². The quantitative estimate of drug-likeness (QED) is 0.578. The molecule has 0 atom stereocenters. The number of aliphatic hydroxyl groups is 1. The molecule has 0 fully saturated rings. The van der Waals surface area contributed by atoms with E-state index in [-0.39, 0.29) is 6.61 Å². The highest BCUT2D eigenvalue weighted by molar-refractivity contribution is 5.85. The van der Waals surface area contributed by atoms with Crippen LogP contribution in [0.5, 0.6) is 0 Å². The molecule has 0 radical (unpaired) electrons. The number of hydrogen-bond acceptors (Lipinski definition) is 4. The highest BCUT2D eigenvalue weighted by Gasteiger charge is 2.09. The van der Waals surface area contributed by atoms with Crippen LogP contribution in [0.2, 0.25) is 0 Å². The van der Waals surface area contributed by atoms with E-state index in [4.69, 9.17) is 13.9 Å². The first-order chi connectivity index (χ1) is 11.7. The van der Waals surface area contributed by atoms with Gasteiger partial charge in [0.15, 0.2) is 6.29 Å². The summed E-state index contributed by atoms with van der Waals surface area (Å²) in [4.78, 5) is 10.6. The van der Waals surface area contributed by atoms with Crippen LogP contribution in [-0.2, 0) is 19.7 Å². The fourth-order valence-corrected chi connectivity index (χ4v) is 2.92. The Morgan fingerprint density at radius 3 is 2.12 bits per heavy atom. The predicted molar refractivity (Wildman–Crippen MR) is 91.1 cm³/mol. The summed E-state index contributed by atoms with van der Waals surface area (Å²) in [5.74, 6) is 0. The maximum Gasteiger partial charge on any atom is 0.207 e. The number of hydrogen-bond donors (Lipinski definition) is 1. The maximum absolute atomic E-state index is 10.6. The van der Waals surface area contributed by atoms with Gasteiger partial charge in [0, 0.05) is 29.6 Å². The van der Waals surface area contributed by atoms with Crippen LogP contribution in [0.25, 0.3) is 22.2 Å². The minimum Gasteiger partial charge on any atom is -0.448 e. The van der Waals surface area contributed by atoms with Gasteiger partial charge in [-0.3, -0.25) is 4.79 Å². The fraction of sp³-hybridized carbons (Fsp3) is 0.278. The minimum atomic E-state index is 0.0675. The number of furan rings is 2. The average molecular weight is 328 g/mol. The standard InChI is InChI=1S/C9H11NO2.C9H9NO2/c2*1-2-10-8(6-11)5-7-3-4-12-9(7)10/h3-5,11H,2,6H2,1H3;3-6H,2H2,1H3. The van der Waals surface area contributed by atoms with E-state index in [2.05, 4.69) is 0 Å². The van der Waals surface area contributed by atoms with Crippen molar-refractivity contribution in [3.05, 3.63) is 48.2 Å². The van der Waals surface area contributed by atoms with Gasteiger partial charge in [-0.15, -0.1) is 0 Å². The summed E-state index contributed by atoms with van der Waals surface area (Å²) in [7, 11) is 0. The lowest BCUT2D eigenvalue weighted by Crippen LogP contribution is -1.99. The highest BCUT2D eigenvalue weighted by Crippen LogP contribution is 2.21. The zero-order valence-corrected chi connectivity index (χ0v) is 13.7. The van der Waals surface area contributed by atoms with Crippen molar-refractivity contribution < 1.29 is 18.7 Å². The molecule has 4 aromatic rings. The summed E-state index contributed by atoms with van der Waals surface area (Å²) in [5.41, 5.74) is 3.21. The van der Waals surface area contributed by atoms with Gasteiger partial charge in [-0.1, -0.05) is 0 Å². The molecule has 0 saturated heterocycles. The Bertz CT molecular complexity index is 954. The first-order valence-corrected chi connectivity index (χ1v) is 7.91. The number of aliphatic hydroxyl groups excluding tert-OH is 1. The SMILES string of the molecule is CCn1c(C=O)cc2ccoc21.CCn1c(CO)cc2ccoc21. The van der Waals surface area contributed by atoms with Crippen LogP contribution < -0.4 is 0 Å². The van der Waals surface area contributed by atoms with Crippen molar-refractivity contribution in [2.45, 2.75) is 33.5 Å². The molecule has 0 saturated carbocycles. The molecule has 4 heterocycles. The van der Waals surface area contributed by atoms with Gasteiger partial charge < -0.3 is 23.1 Å². The van der Waals surface area contributed by atoms with Crippen molar-refractivity contribution >= 4 is 28.5 Å². The van der Waals surface area contributed by atoms with E-state index in [0.29, 0.717) is 5.69 Å². The lowest BCUT2D eigenvalue weighted by atomic mass is 10.4. The van der Waals surface area contributed by atoms with Crippen molar-refractivity contribution in [2.24, 2.45) is 0 Å². The van der Waals surface area contributed by atoms with E-state index >= 15 is 0 Å². The van der Waals surface area contributed by atoms with Crippen LogP contribution in [-0.4, -0.2) is 20.5 Å². The molecule has 4 aromatic heterocycles. The number of aldehydes is 1. The second kappa shape index (κ2) is 6.80. The fourth-order valence-electron chi connectivity index (χ4n) is 2.92. The number of fused-ring (bicyclic) bond motifs is 2. The van der Waals surface area contributed by atoms with E-state index in [0.717, 1.165) is 47.3 Å². The zero-order valence-electron chi connectivity index (χ0n) is 13.7. The highest BCUT2D eigenvalue weighted by atomic mass is 16.3. The maximum atomic E-state index is 10.6. The third kappa shape index (κ3) is 2.65. The topological polar surface area (TPSA) is 73.4 Å². The van der Waals surface area contributed by atoms with Crippen LogP contribution in [0.15, 0.2) is 45.6 Å². The first-order valence-electron chi connectivity index (χ1n) is 7.91. The lowest BCUT2D eigenvalue weighted by molar-refractivity contribution is 0.111. The smallest absolute Gasteiger partial charge is 0.207 e. The molecule has 6 heteroatoms. The van der Waals surface area contributed by atoms with E-state index < -0.39 is 0 Å². The summed E-state index contributed by atoms with van der Waals surface area (Å²) < 4.78 is 14.3. The Labute approximate surface area is 138 Å². The van der Waals surface area contributed by atoms with Gasteiger partial charge in [-0.05, 0) is 38.1 Å². The molecule has 126 valence electrons. The number of nitrogens with zero attached hydrogens (tertiary/aromatic N) is 2. The van der Waals surface area contributed by atoms with Crippen LogP contribution in [0.4, 0.5) is 0 Å². The molecular formula is C18H20N2O4. The summed E-state index contributed by atoms with van der Waals surface area (Å²) in [6, 6.07) is 7.53. The Morgan fingerprint density at radius 1 is 1.00 bits per heavy atom. The van der Waals surface area contributed by atoms with Crippen LogP contribution in [0.3, 0.4) is 0 Å². The predicted octanol–water partition coefficient (Wildman–Crippen LogP) is 3.81. The first kappa shape index (κ1) is 16.1. The molecule has 4 rings (SSSR count). The van der Waals surface area contributed by atoms with Crippen molar-refractivity contribution in [3.63, 3.8) is 0 Å². The van der Waals surface area contributed by atoms with Gasteiger partial charge in [-0.2, -0.15) is 0 Å². The lowest BCUT2D eigenvalue weighted by Gasteiger charge is -2.01. The van der Waals surface area contributed by atoms with Crippen LogP contribution in [0.1, 0.15) is 30.0 Å². The summed E-state index contributed by atoms with van der Waals surface area (Å²) in [6.45, 7) is 5.66. The molecule has 0 amide bonds. The van der Waals surface area contributed by atoms with Crippen LogP contribution in [0, 0.1) is 0 Å². The molecule has 6 nitrogen and oxygen atoms in total. The van der Waals surface area contributed by atoms with Gasteiger partial charge in [-0.25, -0.2) is 0 Å². The van der Waals surface area contributed by atoms with Crippen molar-refractivity contribution in [1.82, 2.24) is 9.13 Å². The second-order valence-electron chi connectivity index (χ2n) is 5.33.